The van der Waals surface area contributed by atoms with Gasteiger partial charge in [0.1, 0.15) is 23.2 Å². The van der Waals surface area contributed by atoms with E-state index in [0.717, 1.165) is 41.9 Å². The molecule has 134 valence electrons. The van der Waals surface area contributed by atoms with Gasteiger partial charge in [-0.25, -0.2) is 9.97 Å². The first-order valence-corrected chi connectivity index (χ1v) is 8.86. The zero-order valence-corrected chi connectivity index (χ0v) is 15.2. The van der Waals surface area contributed by atoms with Crippen LogP contribution >= 0.6 is 0 Å². The molecule has 0 bridgehead atoms. The lowest BCUT2D eigenvalue weighted by molar-refractivity contribution is 0.340. The summed E-state index contributed by atoms with van der Waals surface area (Å²) in [6.45, 7) is 5.35. The van der Waals surface area contributed by atoms with Crippen molar-refractivity contribution >= 4 is 17.3 Å². The van der Waals surface area contributed by atoms with Crippen molar-refractivity contribution in [2.24, 2.45) is 0 Å². The van der Waals surface area contributed by atoms with Crippen molar-refractivity contribution in [1.29, 1.82) is 0 Å². The third-order valence-corrected chi connectivity index (χ3v) is 3.84. The van der Waals surface area contributed by atoms with E-state index in [9.17, 15) is 0 Å². The Balaban J connectivity index is 1.61. The summed E-state index contributed by atoms with van der Waals surface area (Å²) in [7, 11) is 0. The molecule has 0 unspecified atom stereocenters. The van der Waals surface area contributed by atoms with Gasteiger partial charge < -0.3 is 15.4 Å². The first-order chi connectivity index (χ1) is 12.7. The van der Waals surface area contributed by atoms with Crippen molar-refractivity contribution in [3.8, 4) is 5.75 Å². The number of rotatable bonds is 8. The van der Waals surface area contributed by atoms with Gasteiger partial charge in [0.15, 0.2) is 0 Å². The maximum atomic E-state index is 5.47. The molecule has 26 heavy (non-hydrogen) atoms. The fourth-order valence-corrected chi connectivity index (χ4v) is 2.65. The molecule has 5 heteroatoms. The van der Waals surface area contributed by atoms with Gasteiger partial charge in [0.25, 0.3) is 0 Å². The Morgan fingerprint density at radius 3 is 2.38 bits per heavy atom. The van der Waals surface area contributed by atoms with Crippen molar-refractivity contribution in [2.45, 2.75) is 20.3 Å². The van der Waals surface area contributed by atoms with E-state index in [1.165, 1.54) is 5.56 Å². The second kappa shape index (κ2) is 8.85. The molecule has 0 saturated heterocycles. The molecule has 0 spiro atoms. The summed E-state index contributed by atoms with van der Waals surface area (Å²) in [4.78, 5) is 8.92. The van der Waals surface area contributed by atoms with Gasteiger partial charge in [0, 0.05) is 18.3 Å². The summed E-state index contributed by atoms with van der Waals surface area (Å²) in [6, 6.07) is 20.2. The Hall–Kier alpha value is -3.08. The maximum Gasteiger partial charge on any atom is 0.136 e. The molecule has 0 saturated carbocycles. The Bertz CT molecular complexity index is 819. The first kappa shape index (κ1) is 17.7. The fraction of sp³-hybridized carbons (Fsp3) is 0.238. The number of benzene rings is 2. The van der Waals surface area contributed by atoms with E-state index >= 15 is 0 Å². The van der Waals surface area contributed by atoms with E-state index in [1.807, 2.05) is 50.2 Å². The SMILES string of the molecule is CCOc1ccc(Nc2cc(NCCc3ccccc3)nc(C)n2)cc1. The molecule has 0 radical (unpaired) electrons. The Kier molecular flexibility index (Phi) is 6.04. The van der Waals surface area contributed by atoms with Crippen LogP contribution in [-0.2, 0) is 6.42 Å². The predicted octanol–water partition coefficient (Wildman–Crippen LogP) is 4.58. The number of nitrogens with zero attached hydrogens (tertiary/aromatic N) is 2. The smallest absolute Gasteiger partial charge is 0.136 e. The average Bonchev–Trinajstić information content (AvgIpc) is 2.64. The van der Waals surface area contributed by atoms with Crippen molar-refractivity contribution in [3.05, 3.63) is 72.1 Å². The Morgan fingerprint density at radius 1 is 0.923 bits per heavy atom. The fourth-order valence-electron chi connectivity index (χ4n) is 2.65. The minimum atomic E-state index is 0.663. The molecule has 1 aromatic heterocycles. The molecule has 0 amide bonds. The van der Waals surface area contributed by atoms with Crippen molar-refractivity contribution in [3.63, 3.8) is 0 Å². The average molecular weight is 348 g/mol. The van der Waals surface area contributed by atoms with Crippen LogP contribution in [-0.4, -0.2) is 23.1 Å². The van der Waals surface area contributed by atoms with Crippen LogP contribution in [0.4, 0.5) is 17.3 Å². The lowest BCUT2D eigenvalue weighted by Gasteiger charge is -2.11. The van der Waals surface area contributed by atoms with Crippen LogP contribution in [0, 0.1) is 6.92 Å². The van der Waals surface area contributed by atoms with Gasteiger partial charge in [-0.1, -0.05) is 30.3 Å². The van der Waals surface area contributed by atoms with Crippen LogP contribution in [0.3, 0.4) is 0 Å². The molecular weight excluding hydrogens is 324 g/mol. The van der Waals surface area contributed by atoms with Gasteiger partial charge in [-0.05, 0) is 50.1 Å². The minimum Gasteiger partial charge on any atom is -0.494 e. The lowest BCUT2D eigenvalue weighted by atomic mass is 10.1. The van der Waals surface area contributed by atoms with Crippen LogP contribution in [0.15, 0.2) is 60.7 Å². The predicted molar refractivity (Wildman–Crippen MR) is 106 cm³/mol. The topological polar surface area (TPSA) is 59.1 Å². The van der Waals surface area contributed by atoms with Crippen LogP contribution in [0.5, 0.6) is 5.75 Å². The van der Waals surface area contributed by atoms with Gasteiger partial charge in [0.05, 0.1) is 6.61 Å². The van der Waals surface area contributed by atoms with Gasteiger partial charge in [0.2, 0.25) is 0 Å². The zero-order valence-electron chi connectivity index (χ0n) is 15.2. The highest BCUT2D eigenvalue weighted by molar-refractivity contribution is 5.60. The molecule has 0 aliphatic heterocycles. The van der Waals surface area contributed by atoms with Crippen LogP contribution in [0.25, 0.3) is 0 Å². The van der Waals surface area contributed by atoms with E-state index in [2.05, 4.69) is 44.9 Å². The summed E-state index contributed by atoms with van der Waals surface area (Å²) in [5.41, 5.74) is 2.26. The van der Waals surface area contributed by atoms with E-state index < -0.39 is 0 Å². The zero-order chi connectivity index (χ0) is 18.2. The van der Waals surface area contributed by atoms with E-state index in [-0.39, 0.29) is 0 Å². The Labute approximate surface area is 154 Å². The molecule has 1 heterocycles. The molecular formula is C21H24N4O. The monoisotopic (exact) mass is 348 g/mol. The summed E-state index contributed by atoms with van der Waals surface area (Å²) >= 11 is 0. The molecule has 2 aromatic carbocycles. The molecule has 3 aromatic rings. The minimum absolute atomic E-state index is 0.663. The molecule has 0 atom stereocenters. The largest absolute Gasteiger partial charge is 0.494 e. The number of aryl methyl sites for hydroxylation is 1. The maximum absolute atomic E-state index is 5.47. The summed E-state index contributed by atoms with van der Waals surface area (Å²) < 4.78 is 5.47. The second-order valence-electron chi connectivity index (χ2n) is 5.93. The second-order valence-corrected chi connectivity index (χ2v) is 5.93. The number of hydrogen-bond acceptors (Lipinski definition) is 5. The highest BCUT2D eigenvalue weighted by Crippen LogP contribution is 2.20. The van der Waals surface area contributed by atoms with Crippen molar-refractivity contribution < 1.29 is 4.74 Å². The molecule has 0 fully saturated rings. The number of ether oxygens (including phenoxy) is 1. The number of hydrogen-bond donors (Lipinski definition) is 2. The van der Waals surface area contributed by atoms with Crippen molar-refractivity contribution in [1.82, 2.24) is 9.97 Å². The number of anilines is 3. The lowest BCUT2D eigenvalue weighted by Crippen LogP contribution is -2.08. The molecule has 5 nitrogen and oxygen atoms in total. The number of aromatic nitrogens is 2. The Morgan fingerprint density at radius 2 is 1.65 bits per heavy atom. The summed E-state index contributed by atoms with van der Waals surface area (Å²) in [5, 5.41) is 6.69. The quantitative estimate of drug-likeness (QED) is 0.624. The first-order valence-electron chi connectivity index (χ1n) is 8.86. The summed E-state index contributed by atoms with van der Waals surface area (Å²) in [5.74, 6) is 3.18. The highest BCUT2D eigenvalue weighted by atomic mass is 16.5. The van der Waals surface area contributed by atoms with E-state index in [1.54, 1.807) is 0 Å². The summed E-state index contributed by atoms with van der Waals surface area (Å²) in [6.07, 6.45) is 0.950. The van der Waals surface area contributed by atoms with Crippen molar-refractivity contribution in [2.75, 3.05) is 23.8 Å². The third-order valence-electron chi connectivity index (χ3n) is 3.84. The van der Waals surface area contributed by atoms with Gasteiger partial charge in [-0.15, -0.1) is 0 Å². The van der Waals surface area contributed by atoms with Crippen LogP contribution in [0.2, 0.25) is 0 Å². The highest BCUT2D eigenvalue weighted by Gasteiger charge is 2.03. The third kappa shape index (κ3) is 5.21. The van der Waals surface area contributed by atoms with Gasteiger partial charge in [-0.2, -0.15) is 0 Å². The van der Waals surface area contributed by atoms with E-state index in [0.29, 0.717) is 6.61 Å². The number of nitrogens with one attached hydrogen (secondary N) is 2. The van der Waals surface area contributed by atoms with E-state index in [4.69, 9.17) is 4.74 Å². The standard InChI is InChI=1S/C21H24N4O/c1-3-26-19-11-9-18(10-12-19)25-21-15-20(23-16(2)24-21)22-14-13-17-7-5-4-6-8-17/h4-12,15H,3,13-14H2,1-2H3,(H2,22,23,24,25). The molecule has 3 rings (SSSR count). The van der Waals surface area contributed by atoms with Crippen LogP contribution < -0.4 is 15.4 Å². The normalized spacial score (nSPS) is 10.4. The molecule has 2 N–H and O–H groups in total. The molecule has 0 aliphatic rings. The molecule has 0 aliphatic carbocycles. The van der Waals surface area contributed by atoms with Gasteiger partial charge >= 0.3 is 0 Å². The van der Waals surface area contributed by atoms with Gasteiger partial charge in [-0.3, -0.25) is 0 Å². The van der Waals surface area contributed by atoms with Crippen LogP contribution in [0.1, 0.15) is 18.3 Å².